The molecule has 0 saturated heterocycles. The Hall–Kier alpha value is -3.35. The monoisotopic (exact) mass is 383 g/mol. The van der Waals surface area contributed by atoms with Gasteiger partial charge in [0.15, 0.2) is 0 Å². The third-order valence-electron chi connectivity index (χ3n) is 4.42. The van der Waals surface area contributed by atoms with E-state index < -0.39 is 12.0 Å². The number of benzene rings is 2. The lowest BCUT2D eigenvalue weighted by Crippen LogP contribution is -2.39. The molecule has 2 aromatic carbocycles. The molecule has 28 heavy (non-hydrogen) atoms. The Bertz CT molecular complexity index is 837. The third kappa shape index (κ3) is 6.12. The lowest BCUT2D eigenvalue weighted by atomic mass is 10.0. The number of carbonyl (C=O) groups excluding carboxylic acids is 2. The quantitative estimate of drug-likeness (QED) is 0.562. The van der Waals surface area contributed by atoms with E-state index in [0.717, 1.165) is 5.56 Å². The van der Waals surface area contributed by atoms with E-state index in [0.29, 0.717) is 29.7 Å². The summed E-state index contributed by atoms with van der Waals surface area (Å²) in [6.45, 7) is 1.76. The van der Waals surface area contributed by atoms with Crippen molar-refractivity contribution in [2.45, 2.75) is 32.2 Å². The first-order chi connectivity index (χ1) is 13.4. The Morgan fingerprint density at radius 3 is 2.39 bits per heavy atom. The van der Waals surface area contributed by atoms with E-state index in [9.17, 15) is 14.4 Å². The smallest absolute Gasteiger partial charge is 0.319 e. The van der Waals surface area contributed by atoms with Gasteiger partial charge in [-0.05, 0) is 43.0 Å². The van der Waals surface area contributed by atoms with Gasteiger partial charge in [0, 0.05) is 30.8 Å². The number of carbonyl (C=O) groups is 3. The van der Waals surface area contributed by atoms with Crippen LogP contribution in [0, 0.1) is 6.92 Å². The van der Waals surface area contributed by atoms with E-state index in [1.54, 1.807) is 32.2 Å². The largest absolute Gasteiger partial charge is 0.481 e. The summed E-state index contributed by atoms with van der Waals surface area (Å²) >= 11 is 0. The van der Waals surface area contributed by atoms with Crippen molar-refractivity contribution in [1.82, 2.24) is 10.6 Å². The van der Waals surface area contributed by atoms with Crippen molar-refractivity contribution in [2.24, 2.45) is 0 Å². The molecule has 0 bridgehead atoms. The minimum Gasteiger partial charge on any atom is -0.481 e. The molecule has 0 aliphatic carbocycles. The highest BCUT2D eigenvalue weighted by atomic mass is 16.4. The molecular formula is C21H25N3O4. The number of anilines is 1. The fraction of sp³-hybridized carbons (Fsp3) is 0.286. The zero-order chi connectivity index (χ0) is 20.5. The first-order valence-electron chi connectivity index (χ1n) is 9.05. The van der Waals surface area contributed by atoms with Crippen LogP contribution in [0.5, 0.6) is 0 Å². The molecule has 0 aliphatic rings. The molecule has 1 atom stereocenters. The minimum atomic E-state index is -0.908. The second-order valence-electron chi connectivity index (χ2n) is 6.47. The molecule has 0 fully saturated rings. The average Bonchev–Trinajstić information content (AvgIpc) is 2.68. The topological polar surface area (TPSA) is 108 Å². The van der Waals surface area contributed by atoms with Crippen LogP contribution in [-0.4, -0.2) is 36.1 Å². The number of carboxylic acids is 1. The number of hydrogen-bond donors (Lipinski definition) is 4. The van der Waals surface area contributed by atoms with E-state index >= 15 is 0 Å². The lowest BCUT2D eigenvalue weighted by Gasteiger charge is -2.19. The van der Waals surface area contributed by atoms with Gasteiger partial charge in [0.2, 0.25) is 0 Å². The summed E-state index contributed by atoms with van der Waals surface area (Å²) < 4.78 is 0. The fourth-order valence-electron chi connectivity index (χ4n) is 2.92. The SMILES string of the molecule is CNC(=O)c1cccc(NC(=O)NC(CCC(=O)O)Cc2ccccc2)c1C. The molecule has 0 radical (unpaired) electrons. The lowest BCUT2D eigenvalue weighted by molar-refractivity contribution is -0.137. The van der Waals surface area contributed by atoms with Gasteiger partial charge in [0.1, 0.15) is 0 Å². The van der Waals surface area contributed by atoms with E-state index in [1.165, 1.54) is 0 Å². The summed E-state index contributed by atoms with van der Waals surface area (Å²) in [7, 11) is 1.55. The highest BCUT2D eigenvalue weighted by molar-refractivity contribution is 5.99. The predicted molar refractivity (Wildman–Crippen MR) is 108 cm³/mol. The van der Waals surface area contributed by atoms with Gasteiger partial charge in [-0.2, -0.15) is 0 Å². The molecule has 0 saturated carbocycles. The van der Waals surface area contributed by atoms with Crippen molar-refractivity contribution < 1.29 is 19.5 Å². The van der Waals surface area contributed by atoms with Gasteiger partial charge in [-0.15, -0.1) is 0 Å². The number of carboxylic acid groups (broad SMARTS) is 1. The molecule has 2 rings (SSSR count). The van der Waals surface area contributed by atoms with Crippen LogP contribution in [0.15, 0.2) is 48.5 Å². The fourth-order valence-corrected chi connectivity index (χ4v) is 2.92. The maximum atomic E-state index is 12.5. The van der Waals surface area contributed by atoms with Crippen LogP contribution in [0.2, 0.25) is 0 Å². The summed E-state index contributed by atoms with van der Waals surface area (Å²) in [5.41, 5.74) is 2.67. The summed E-state index contributed by atoms with van der Waals surface area (Å²) in [5.74, 6) is -1.14. The standard InChI is InChI=1S/C21H25N3O4/c1-14-17(20(27)22-2)9-6-10-18(14)24-21(28)23-16(11-12-19(25)26)13-15-7-4-3-5-8-15/h3-10,16H,11-13H2,1-2H3,(H,22,27)(H,25,26)(H2,23,24,28). The molecule has 1 unspecified atom stereocenters. The summed E-state index contributed by atoms with van der Waals surface area (Å²) in [5, 5.41) is 17.1. The van der Waals surface area contributed by atoms with Crippen LogP contribution in [0.25, 0.3) is 0 Å². The van der Waals surface area contributed by atoms with Crippen LogP contribution in [0.3, 0.4) is 0 Å². The van der Waals surface area contributed by atoms with Crippen molar-refractivity contribution >= 4 is 23.6 Å². The van der Waals surface area contributed by atoms with Crippen LogP contribution < -0.4 is 16.0 Å². The van der Waals surface area contributed by atoms with Crippen molar-refractivity contribution in [1.29, 1.82) is 0 Å². The van der Waals surface area contributed by atoms with Gasteiger partial charge >= 0.3 is 12.0 Å². The summed E-state index contributed by atoms with van der Waals surface area (Å²) in [6, 6.07) is 13.9. The van der Waals surface area contributed by atoms with Crippen LogP contribution in [0.1, 0.15) is 34.3 Å². The van der Waals surface area contributed by atoms with Gasteiger partial charge < -0.3 is 21.1 Å². The number of urea groups is 1. The molecule has 0 aliphatic heterocycles. The third-order valence-corrected chi connectivity index (χ3v) is 4.42. The molecule has 4 N–H and O–H groups in total. The molecule has 0 aromatic heterocycles. The van der Waals surface area contributed by atoms with Crippen LogP contribution >= 0.6 is 0 Å². The van der Waals surface area contributed by atoms with E-state index in [2.05, 4.69) is 16.0 Å². The minimum absolute atomic E-state index is 0.0387. The van der Waals surface area contributed by atoms with E-state index in [4.69, 9.17) is 5.11 Å². The zero-order valence-corrected chi connectivity index (χ0v) is 16.0. The molecule has 7 heteroatoms. The number of nitrogens with one attached hydrogen (secondary N) is 3. The normalized spacial score (nSPS) is 11.4. The molecule has 0 heterocycles. The maximum absolute atomic E-state index is 12.5. The van der Waals surface area contributed by atoms with Crippen molar-refractivity contribution in [2.75, 3.05) is 12.4 Å². The molecule has 2 aromatic rings. The Labute approximate surface area is 164 Å². The van der Waals surface area contributed by atoms with Crippen molar-refractivity contribution in [3.63, 3.8) is 0 Å². The highest BCUT2D eigenvalue weighted by Crippen LogP contribution is 2.19. The predicted octanol–water partition coefficient (Wildman–Crippen LogP) is 2.95. The van der Waals surface area contributed by atoms with Crippen LogP contribution in [0.4, 0.5) is 10.5 Å². The number of rotatable bonds is 8. The molecule has 3 amide bonds. The van der Waals surface area contributed by atoms with Gasteiger partial charge in [-0.3, -0.25) is 9.59 Å². The zero-order valence-electron chi connectivity index (χ0n) is 16.0. The number of hydrogen-bond acceptors (Lipinski definition) is 3. The second-order valence-corrected chi connectivity index (χ2v) is 6.47. The van der Waals surface area contributed by atoms with Crippen LogP contribution in [-0.2, 0) is 11.2 Å². The molecule has 148 valence electrons. The summed E-state index contributed by atoms with van der Waals surface area (Å²) in [6.07, 6.45) is 0.802. The van der Waals surface area contributed by atoms with E-state index in [-0.39, 0.29) is 18.4 Å². The average molecular weight is 383 g/mol. The van der Waals surface area contributed by atoms with Gasteiger partial charge in [-0.1, -0.05) is 36.4 Å². The molecule has 7 nitrogen and oxygen atoms in total. The highest BCUT2D eigenvalue weighted by Gasteiger charge is 2.17. The first-order valence-corrected chi connectivity index (χ1v) is 9.05. The van der Waals surface area contributed by atoms with Gasteiger partial charge in [0.05, 0.1) is 0 Å². The van der Waals surface area contributed by atoms with Crippen molar-refractivity contribution in [3.05, 3.63) is 65.2 Å². The number of amides is 3. The Kier molecular flexibility index (Phi) is 7.56. The van der Waals surface area contributed by atoms with Gasteiger partial charge in [0.25, 0.3) is 5.91 Å². The van der Waals surface area contributed by atoms with Crippen molar-refractivity contribution in [3.8, 4) is 0 Å². The second kappa shape index (κ2) is 10.1. The number of aliphatic carboxylic acids is 1. The summed E-state index contributed by atoms with van der Waals surface area (Å²) in [4.78, 5) is 35.3. The Balaban J connectivity index is 2.08. The Morgan fingerprint density at radius 1 is 1.04 bits per heavy atom. The first kappa shape index (κ1) is 21.0. The molecular weight excluding hydrogens is 358 g/mol. The Morgan fingerprint density at radius 2 is 1.75 bits per heavy atom. The maximum Gasteiger partial charge on any atom is 0.319 e. The molecule has 0 spiro atoms. The van der Waals surface area contributed by atoms with Gasteiger partial charge in [-0.25, -0.2) is 4.79 Å². The van der Waals surface area contributed by atoms with E-state index in [1.807, 2.05) is 30.3 Å².